The van der Waals surface area contributed by atoms with Gasteiger partial charge < -0.3 is 15.8 Å². The third-order valence-corrected chi connectivity index (χ3v) is 2.12. The number of nitrogens with zero attached hydrogens (tertiary/aromatic N) is 1. The quantitative estimate of drug-likeness (QED) is 0.742. The van der Waals surface area contributed by atoms with Crippen LogP contribution in [0.15, 0.2) is 18.5 Å². The van der Waals surface area contributed by atoms with E-state index in [-0.39, 0.29) is 11.9 Å². The molecular formula is C11H17N3O2. The highest BCUT2D eigenvalue weighted by Crippen LogP contribution is 2.01. The van der Waals surface area contributed by atoms with Crippen molar-refractivity contribution >= 4 is 5.91 Å². The van der Waals surface area contributed by atoms with E-state index >= 15 is 0 Å². The average molecular weight is 223 g/mol. The summed E-state index contributed by atoms with van der Waals surface area (Å²) >= 11 is 0. The maximum absolute atomic E-state index is 11.8. The molecule has 0 fully saturated rings. The Labute approximate surface area is 95.0 Å². The van der Waals surface area contributed by atoms with Crippen LogP contribution in [0.4, 0.5) is 0 Å². The minimum Gasteiger partial charge on any atom is -0.383 e. The van der Waals surface area contributed by atoms with Crippen LogP contribution in [0.3, 0.4) is 0 Å². The molecule has 0 bridgehead atoms. The number of ether oxygens (including phenoxy) is 1. The van der Waals surface area contributed by atoms with E-state index in [9.17, 15) is 4.79 Å². The van der Waals surface area contributed by atoms with Gasteiger partial charge in [0.2, 0.25) is 0 Å². The van der Waals surface area contributed by atoms with Crippen LogP contribution in [0.1, 0.15) is 15.9 Å². The van der Waals surface area contributed by atoms with Crippen LogP contribution in [0, 0.1) is 6.92 Å². The van der Waals surface area contributed by atoms with Crippen molar-refractivity contribution in [2.24, 2.45) is 5.73 Å². The summed E-state index contributed by atoms with van der Waals surface area (Å²) in [6, 6.07) is 1.61. The Morgan fingerprint density at radius 1 is 1.62 bits per heavy atom. The molecule has 5 heteroatoms. The summed E-state index contributed by atoms with van der Waals surface area (Å²) in [6.45, 7) is 2.64. The lowest BCUT2D eigenvalue weighted by Gasteiger charge is -2.15. The first kappa shape index (κ1) is 12.6. The van der Waals surface area contributed by atoms with Gasteiger partial charge in [0.25, 0.3) is 5.91 Å². The highest BCUT2D eigenvalue weighted by Gasteiger charge is 2.12. The van der Waals surface area contributed by atoms with E-state index in [1.54, 1.807) is 19.4 Å². The van der Waals surface area contributed by atoms with Crippen molar-refractivity contribution < 1.29 is 9.53 Å². The zero-order valence-electron chi connectivity index (χ0n) is 9.56. The molecule has 0 aromatic carbocycles. The minimum atomic E-state index is -0.177. The zero-order valence-corrected chi connectivity index (χ0v) is 9.56. The lowest BCUT2D eigenvalue weighted by atomic mass is 10.2. The first-order chi connectivity index (χ1) is 7.67. The lowest BCUT2D eigenvalue weighted by molar-refractivity contribution is 0.0900. The van der Waals surface area contributed by atoms with Crippen LogP contribution in [-0.2, 0) is 4.74 Å². The van der Waals surface area contributed by atoms with Gasteiger partial charge in [-0.25, -0.2) is 0 Å². The number of nitrogens with one attached hydrogen (secondary N) is 1. The van der Waals surface area contributed by atoms with Crippen LogP contribution >= 0.6 is 0 Å². The molecule has 5 nitrogen and oxygen atoms in total. The molecule has 1 heterocycles. The second-order valence-electron chi connectivity index (χ2n) is 3.61. The van der Waals surface area contributed by atoms with E-state index in [4.69, 9.17) is 10.5 Å². The Morgan fingerprint density at radius 2 is 2.38 bits per heavy atom. The molecule has 1 atom stereocenters. The summed E-state index contributed by atoms with van der Waals surface area (Å²) < 4.78 is 4.94. The van der Waals surface area contributed by atoms with Crippen LogP contribution in [0.5, 0.6) is 0 Å². The van der Waals surface area contributed by atoms with Gasteiger partial charge in [0, 0.05) is 26.0 Å². The van der Waals surface area contributed by atoms with Crippen molar-refractivity contribution in [1.29, 1.82) is 0 Å². The second kappa shape index (κ2) is 6.19. The standard InChI is InChI=1S/C11H17N3O2/c1-8-3-9(6-13-5-8)11(15)14-10(4-12)7-16-2/h3,5-6,10H,4,7,12H2,1-2H3,(H,14,15). The number of aryl methyl sites for hydroxylation is 1. The first-order valence-corrected chi connectivity index (χ1v) is 5.09. The van der Waals surface area contributed by atoms with Gasteiger partial charge in [0.15, 0.2) is 0 Å². The van der Waals surface area contributed by atoms with E-state index in [2.05, 4.69) is 10.3 Å². The number of amides is 1. The van der Waals surface area contributed by atoms with Crippen LogP contribution in [0.2, 0.25) is 0 Å². The van der Waals surface area contributed by atoms with Crippen molar-refractivity contribution in [3.05, 3.63) is 29.6 Å². The predicted molar refractivity (Wildman–Crippen MR) is 61.2 cm³/mol. The van der Waals surface area contributed by atoms with Gasteiger partial charge in [-0.3, -0.25) is 9.78 Å². The SMILES string of the molecule is COCC(CN)NC(=O)c1cncc(C)c1. The number of carbonyl (C=O) groups excluding carboxylic acids is 1. The summed E-state index contributed by atoms with van der Waals surface area (Å²) in [4.78, 5) is 15.7. The van der Waals surface area contributed by atoms with E-state index in [1.165, 1.54) is 6.20 Å². The lowest BCUT2D eigenvalue weighted by Crippen LogP contribution is -2.43. The van der Waals surface area contributed by atoms with Gasteiger partial charge in [-0.1, -0.05) is 0 Å². The van der Waals surface area contributed by atoms with Crippen molar-refractivity contribution in [3.8, 4) is 0 Å². The Hall–Kier alpha value is -1.46. The monoisotopic (exact) mass is 223 g/mol. The summed E-state index contributed by atoms with van der Waals surface area (Å²) in [5.74, 6) is -0.177. The molecular weight excluding hydrogens is 206 g/mol. The molecule has 88 valence electrons. The third kappa shape index (κ3) is 3.60. The second-order valence-corrected chi connectivity index (χ2v) is 3.61. The molecule has 1 aromatic rings. The first-order valence-electron chi connectivity index (χ1n) is 5.09. The molecule has 0 aliphatic heterocycles. The number of methoxy groups -OCH3 is 1. The molecule has 0 aliphatic carbocycles. The van der Waals surface area contributed by atoms with Crippen molar-refractivity contribution in [3.63, 3.8) is 0 Å². The molecule has 1 amide bonds. The van der Waals surface area contributed by atoms with Gasteiger partial charge in [-0.05, 0) is 18.6 Å². The molecule has 0 saturated carbocycles. The third-order valence-electron chi connectivity index (χ3n) is 2.12. The summed E-state index contributed by atoms with van der Waals surface area (Å²) in [5, 5.41) is 2.78. The van der Waals surface area contributed by atoms with Gasteiger partial charge in [-0.2, -0.15) is 0 Å². The van der Waals surface area contributed by atoms with Gasteiger partial charge in [0.05, 0.1) is 18.2 Å². The summed E-state index contributed by atoms with van der Waals surface area (Å²) in [6.07, 6.45) is 3.23. The maximum atomic E-state index is 11.8. The number of aromatic nitrogens is 1. The molecule has 1 unspecified atom stereocenters. The fourth-order valence-corrected chi connectivity index (χ4v) is 1.32. The van der Waals surface area contributed by atoms with Gasteiger partial charge >= 0.3 is 0 Å². The number of carbonyl (C=O) groups is 1. The fraction of sp³-hybridized carbons (Fsp3) is 0.455. The predicted octanol–water partition coefficient (Wildman–Crippen LogP) is 0.0935. The van der Waals surface area contributed by atoms with E-state index in [1.807, 2.05) is 6.92 Å². The van der Waals surface area contributed by atoms with E-state index in [0.717, 1.165) is 5.56 Å². The number of hydrogen-bond donors (Lipinski definition) is 2. The summed E-state index contributed by atoms with van der Waals surface area (Å²) in [5.41, 5.74) is 6.99. The Balaban J connectivity index is 2.64. The normalized spacial score (nSPS) is 12.2. The molecule has 16 heavy (non-hydrogen) atoms. The average Bonchev–Trinajstić information content (AvgIpc) is 2.28. The number of hydrogen-bond acceptors (Lipinski definition) is 4. The smallest absolute Gasteiger partial charge is 0.253 e. The molecule has 0 radical (unpaired) electrons. The van der Waals surface area contributed by atoms with Gasteiger partial charge in [0.1, 0.15) is 0 Å². The van der Waals surface area contributed by atoms with Crippen molar-refractivity contribution in [2.75, 3.05) is 20.3 Å². The van der Waals surface area contributed by atoms with Gasteiger partial charge in [-0.15, -0.1) is 0 Å². The number of rotatable bonds is 5. The number of nitrogens with two attached hydrogens (primary N) is 1. The molecule has 1 rings (SSSR count). The molecule has 3 N–H and O–H groups in total. The highest BCUT2D eigenvalue weighted by atomic mass is 16.5. The fourth-order valence-electron chi connectivity index (χ4n) is 1.32. The molecule has 1 aromatic heterocycles. The highest BCUT2D eigenvalue weighted by molar-refractivity contribution is 5.94. The van der Waals surface area contributed by atoms with E-state index < -0.39 is 0 Å². The topological polar surface area (TPSA) is 77.2 Å². The van der Waals surface area contributed by atoms with E-state index in [0.29, 0.717) is 18.7 Å². The Kier molecular flexibility index (Phi) is 4.88. The largest absolute Gasteiger partial charge is 0.383 e. The Bertz CT molecular complexity index is 355. The maximum Gasteiger partial charge on any atom is 0.253 e. The van der Waals surface area contributed by atoms with Crippen LogP contribution in [-0.4, -0.2) is 37.2 Å². The van der Waals surface area contributed by atoms with Crippen molar-refractivity contribution in [2.45, 2.75) is 13.0 Å². The minimum absolute atomic E-state index is 0.169. The zero-order chi connectivity index (χ0) is 12.0. The molecule has 0 saturated heterocycles. The number of pyridine rings is 1. The molecule has 0 aliphatic rings. The van der Waals surface area contributed by atoms with Crippen molar-refractivity contribution in [1.82, 2.24) is 10.3 Å². The summed E-state index contributed by atoms with van der Waals surface area (Å²) in [7, 11) is 1.57. The molecule has 0 spiro atoms. The Morgan fingerprint density at radius 3 is 2.94 bits per heavy atom. The van der Waals surface area contributed by atoms with Crippen LogP contribution < -0.4 is 11.1 Å². The van der Waals surface area contributed by atoms with Crippen LogP contribution in [0.25, 0.3) is 0 Å².